The van der Waals surface area contributed by atoms with Gasteiger partial charge in [0.1, 0.15) is 6.54 Å². The van der Waals surface area contributed by atoms with Crippen LogP contribution in [0.1, 0.15) is 17.4 Å². The predicted molar refractivity (Wildman–Crippen MR) is 103 cm³/mol. The Bertz CT molecular complexity index is 990. The standard InChI is InChI=1S/C16H15ClF3N3O3S2/c1-10(14-4-3-7-27-14)21-22-15(24)9-23(28(2,25)26)11-5-6-13(17)12(8-11)16(18,19)20/h3-8H,9H2,1-2H3,(H,22,24)/b21-10-. The molecule has 6 nitrogen and oxygen atoms in total. The van der Waals surface area contributed by atoms with Gasteiger partial charge in [0.05, 0.1) is 28.2 Å². The van der Waals surface area contributed by atoms with Crippen molar-refractivity contribution in [2.45, 2.75) is 13.1 Å². The highest BCUT2D eigenvalue weighted by atomic mass is 35.5. The van der Waals surface area contributed by atoms with Crippen LogP contribution in [0.2, 0.25) is 5.02 Å². The minimum atomic E-state index is -4.78. The van der Waals surface area contributed by atoms with Gasteiger partial charge in [-0.1, -0.05) is 17.7 Å². The van der Waals surface area contributed by atoms with E-state index < -0.39 is 39.2 Å². The quantitative estimate of drug-likeness (QED) is 0.534. The Labute approximate surface area is 168 Å². The Balaban J connectivity index is 2.26. The molecule has 1 heterocycles. The number of sulfonamides is 1. The second-order valence-corrected chi connectivity index (χ2v) is 8.90. The minimum Gasteiger partial charge on any atom is -0.271 e. The van der Waals surface area contributed by atoms with Crippen LogP contribution in [0.5, 0.6) is 0 Å². The summed E-state index contributed by atoms with van der Waals surface area (Å²) in [6, 6.07) is 6.17. The van der Waals surface area contributed by atoms with Gasteiger partial charge >= 0.3 is 6.18 Å². The van der Waals surface area contributed by atoms with E-state index in [0.717, 1.165) is 23.3 Å². The number of nitrogens with one attached hydrogen (secondary N) is 1. The van der Waals surface area contributed by atoms with Gasteiger partial charge in [-0.15, -0.1) is 11.3 Å². The number of benzene rings is 1. The van der Waals surface area contributed by atoms with Gasteiger partial charge in [-0.3, -0.25) is 9.10 Å². The molecule has 0 aliphatic rings. The zero-order chi connectivity index (χ0) is 21.1. The van der Waals surface area contributed by atoms with Crippen LogP contribution in [-0.2, 0) is 21.0 Å². The van der Waals surface area contributed by atoms with Crippen molar-refractivity contribution in [3.8, 4) is 0 Å². The maximum Gasteiger partial charge on any atom is 0.417 e. The Morgan fingerprint density at radius 2 is 2.00 bits per heavy atom. The molecular formula is C16H15ClF3N3O3S2. The molecule has 0 aliphatic heterocycles. The van der Waals surface area contributed by atoms with Crippen molar-refractivity contribution in [2.24, 2.45) is 5.10 Å². The number of halogens is 4. The van der Waals surface area contributed by atoms with Gasteiger partial charge in [0.2, 0.25) is 10.0 Å². The third-order valence-corrected chi connectivity index (χ3v) is 5.91. The van der Waals surface area contributed by atoms with E-state index in [1.54, 1.807) is 19.1 Å². The van der Waals surface area contributed by atoms with E-state index >= 15 is 0 Å². The highest BCUT2D eigenvalue weighted by molar-refractivity contribution is 7.92. The Morgan fingerprint density at radius 3 is 2.54 bits per heavy atom. The summed E-state index contributed by atoms with van der Waals surface area (Å²) in [5.74, 6) is -0.815. The Morgan fingerprint density at radius 1 is 1.32 bits per heavy atom. The van der Waals surface area contributed by atoms with Crippen LogP contribution >= 0.6 is 22.9 Å². The first-order valence-electron chi connectivity index (χ1n) is 7.61. The fourth-order valence-electron chi connectivity index (χ4n) is 2.14. The Hall–Kier alpha value is -2.11. The summed E-state index contributed by atoms with van der Waals surface area (Å²) in [5.41, 5.74) is 1.16. The Kier molecular flexibility index (Phi) is 6.73. The first-order chi connectivity index (χ1) is 12.9. The lowest BCUT2D eigenvalue weighted by Crippen LogP contribution is -2.39. The lowest BCUT2D eigenvalue weighted by atomic mass is 10.2. The van der Waals surface area contributed by atoms with Crippen LogP contribution in [0, 0.1) is 0 Å². The largest absolute Gasteiger partial charge is 0.417 e. The van der Waals surface area contributed by atoms with Gasteiger partial charge in [0, 0.05) is 4.88 Å². The smallest absolute Gasteiger partial charge is 0.271 e. The molecule has 1 N–H and O–H groups in total. The molecule has 1 amide bonds. The summed E-state index contributed by atoms with van der Waals surface area (Å²) >= 11 is 6.95. The zero-order valence-electron chi connectivity index (χ0n) is 14.6. The van der Waals surface area contributed by atoms with Crippen LogP contribution in [0.3, 0.4) is 0 Å². The molecule has 2 rings (SSSR count). The molecule has 0 unspecified atom stereocenters. The van der Waals surface area contributed by atoms with E-state index in [-0.39, 0.29) is 5.69 Å². The van der Waals surface area contributed by atoms with Gasteiger partial charge < -0.3 is 0 Å². The number of hydrogen-bond donors (Lipinski definition) is 1. The number of carbonyl (C=O) groups excluding carboxylic acids is 1. The SMILES string of the molecule is C/C(=N/NC(=O)CN(c1ccc(Cl)c(C(F)(F)F)c1)S(C)(=O)=O)c1cccs1. The second kappa shape index (κ2) is 8.50. The number of amides is 1. The highest BCUT2D eigenvalue weighted by Crippen LogP contribution is 2.37. The number of carbonyl (C=O) groups is 1. The number of hydrogen-bond acceptors (Lipinski definition) is 5. The van der Waals surface area contributed by atoms with E-state index in [4.69, 9.17) is 11.6 Å². The zero-order valence-corrected chi connectivity index (χ0v) is 17.0. The number of thiophene rings is 1. The molecule has 0 saturated heterocycles. The van der Waals surface area contributed by atoms with Crippen LogP contribution in [0.25, 0.3) is 0 Å². The summed E-state index contributed by atoms with van der Waals surface area (Å²) in [5, 5.41) is 5.11. The van der Waals surface area contributed by atoms with Crippen molar-refractivity contribution in [3.05, 3.63) is 51.2 Å². The van der Waals surface area contributed by atoms with Crippen molar-refractivity contribution in [2.75, 3.05) is 17.1 Å². The van der Waals surface area contributed by atoms with Crippen LogP contribution in [-0.4, -0.2) is 32.8 Å². The number of nitrogens with zero attached hydrogens (tertiary/aromatic N) is 2. The highest BCUT2D eigenvalue weighted by Gasteiger charge is 2.34. The average molecular weight is 454 g/mol. The van der Waals surface area contributed by atoms with Crippen molar-refractivity contribution in [3.63, 3.8) is 0 Å². The van der Waals surface area contributed by atoms with E-state index in [0.29, 0.717) is 16.1 Å². The molecule has 0 spiro atoms. The van der Waals surface area contributed by atoms with E-state index in [1.165, 1.54) is 11.3 Å². The topological polar surface area (TPSA) is 78.8 Å². The van der Waals surface area contributed by atoms with E-state index in [2.05, 4.69) is 10.5 Å². The molecule has 152 valence electrons. The molecule has 1 aromatic heterocycles. The summed E-state index contributed by atoms with van der Waals surface area (Å²) in [4.78, 5) is 12.9. The summed E-state index contributed by atoms with van der Waals surface area (Å²) < 4.78 is 63.8. The third kappa shape index (κ3) is 5.69. The lowest BCUT2D eigenvalue weighted by molar-refractivity contribution is -0.137. The van der Waals surface area contributed by atoms with Crippen molar-refractivity contribution < 1.29 is 26.4 Å². The number of hydrazone groups is 1. The fourth-order valence-corrected chi connectivity index (χ4v) is 3.89. The van der Waals surface area contributed by atoms with Gasteiger partial charge in [-0.25, -0.2) is 13.8 Å². The maximum absolute atomic E-state index is 13.0. The van der Waals surface area contributed by atoms with Crippen molar-refractivity contribution >= 4 is 50.3 Å². The molecule has 0 radical (unpaired) electrons. The molecule has 1 aromatic carbocycles. The molecule has 2 aromatic rings. The predicted octanol–water partition coefficient (Wildman–Crippen LogP) is 3.73. The average Bonchev–Trinajstić information content (AvgIpc) is 3.11. The van der Waals surface area contributed by atoms with E-state index in [1.807, 2.05) is 5.38 Å². The van der Waals surface area contributed by atoms with Gasteiger partial charge in [-0.05, 0) is 36.6 Å². The molecular weight excluding hydrogens is 439 g/mol. The summed E-state index contributed by atoms with van der Waals surface area (Å²) in [7, 11) is -4.05. The summed E-state index contributed by atoms with van der Waals surface area (Å²) in [6.07, 6.45) is -4.00. The third-order valence-electron chi connectivity index (χ3n) is 3.46. The normalized spacial score (nSPS) is 12.7. The van der Waals surface area contributed by atoms with Crippen molar-refractivity contribution in [1.82, 2.24) is 5.43 Å². The maximum atomic E-state index is 13.0. The summed E-state index contributed by atoms with van der Waals surface area (Å²) in [6.45, 7) is 0.897. The van der Waals surface area contributed by atoms with Gasteiger partial charge in [0.25, 0.3) is 5.91 Å². The number of rotatable bonds is 6. The lowest BCUT2D eigenvalue weighted by Gasteiger charge is -2.22. The van der Waals surface area contributed by atoms with Crippen LogP contribution < -0.4 is 9.73 Å². The first-order valence-corrected chi connectivity index (χ1v) is 10.7. The molecule has 0 atom stereocenters. The molecule has 0 aliphatic carbocycles. The monoisotopic (exact) mass is 453 g/mol. The molecule has 28 heavy (non-hydrogen) atoms. The molecule has 0 saturated carbocycles. The second-order valence-electron chi connectivity index (χ2n) is 5.64. The molecule has 12 heteroatoms. The molecule has 0 fully saturated rings. The van der Waals surface area contributed by atoms with E-state index in [9.17, 15) is 26.4 Å². The van der Waals surface area contributed by atoms with Crippen LogP contribution in [0.15, 0.2) is 40.8 Å². The minimum absolute atomic E-state index is 0.340. The first kappa shape index (κ1) is 22.2. The van der Waals surface area contributed by atoms with Gasteiger partial charge in [0.15, 0.2) is 0 Å². The molecule has 0 bridgehead atoms. The van der Waals surface area contributed by atoms with Crippen molar-refractivity contribution in [1.29, 1.82) is 0 Å². The van der Waals surface area contributed by atoms with Crippen LogP contribution in [0.4, 0.5) is 18.9 Å². The fraction of sp³-hybridized carbons (Fsp3) is 0.250. The number of alkyl halides is 3. The van der Waals surface area contributed by atoms with Gasteiger partial charge in [-0.2, -0.15) is 18.3 Å². The number of anilines is 1.